The van der Waals surface area contributed by atoms with E-state index in [1.165, 1.54) is 11.1 Å². The summed E-state index contributed by atoms with van der Waals surface area (Å²) in [4.78, 5) is 12.9. The zero-order valence-electron chi connectivity index (χ0n) is 14.8. The van der Waals surface area contributed by atoms with Crippen molar-refractivity contribution in [1.29, 1.82) is 0 Å². The molecule has 3 nitrogen and oxygen atoms in total. The van der Waals surface area contributed by atoms with Crippen molar-refractivity contribution in [3.05, 3.63) is 71.3 Å². The highest BCUT2D eigenvalue weighted by molar-refractivity contribution is 5.79. The molecule has 0 aliphatic heterocycles. The molecule has 0 radical (unpaired) electrons. The van der Waals surface area contributed by atoms with Gasteiger partial charge in [-0.25, -0.2) is 0 Å². The zero-order valence-corrected chi connectivity index (χ0v) is 14.8. The highest BCUT2D eigenvalue weighted by Gasteiger charge is 2.28. The Morgan fingerprint density at radius 2 is 1.88 bits per heavy atom. The van der Waals surface area contributed by atoms with Gasteiger partial charge < -0.3 is 10.4 Å². The van der Waals surface area contributed by atoms with Crippen LogP contribution >= 0.6 is 0 Å². The molecular formula is C22H27NO2. The number of carbonyl (C=O) groups is 1. The number of nitrogens with one attached hydrogen (secondary N) is 1. The van der Waals surface area contributed by atoms with E-state index in [-0.39, 0.29) is 17.9 Å². The van der Waals surface area contributed by atoms with Gasteiger partial charge in [0.15, 0.2) is 0 Å². The third kappa shape index (κ3) is 4.49. The summed E-state index contributed by atoms with van der Waals surface area (Å²) in [6.07, 6.45) is 3.38. The van der Waals surface area contributed by atoms with E-state index < -0.39 is 6.10 Å². The lowest BCUT2D eigenvalue weighted by molar-refractivity contribution is -0.126. The predicted octanol–water partition coefficient (Wildman–Crippen LogP) is 3.81. The van der Waals surface area contributed by atoms with Crippen molar-refractivity contribution >= 4 is 5.91 Å². The van der Waals surface area contributed by atoms with Gasteiger partial charge in [-0.3, -0.25) is 4.79 Å². The molecular weight excluding hydrogens is 310 g/mol. The quantitative estimate of drug-likeness (QED) is 0.807. The minimum atomic E-state index is -0.435. The van der Waals surface area contributed by atoms with Gasteiger partial charge in [0.25, 0.3) is 0 Å². The number of fused-ring (bicyclic) bond motifs is 1. The number of aliphatic hydroxyl groups excluding tert-OH is 1. The van der Waals surface area contributed by atoms with Crippen LogP contribution in [0.4, 0.5) is 0 Å². The molecule has 0 bridgehead atoms. The van der Waals surface area contributed by atoms with Gasteiger partial charge >= 0.3 is 0 Å². The number of aryl methyl sites for hydroxylation is 1. The first kappa shape index (κ1) is 17.7. The number of carbonyl (C=O) groups excluding carboxylic acids is 1. The molecule has 1 aliphatic carbocycles. The van der Waals surface area contributed by atoms with Crippen LogP contribution in [-0.4, -0.2) is 17.1 Å². The average molecular weight is 337 g/mol. The standard InChI is InChI=1S/C22H27NO2/c1-2-19(24)15-18(14-16-8-4-3-5-9-16)22(25)23-21-13-12-17-10-6-7-11-20(17)21/h3-11,18-19,21,24H,2,12-15H2,1H3,(H,23,25). The molecule has 1 amide bonds. The number of amides is 1. The minimum Gasteiger partial charge on any atom is -0.393 e. The highest BCUT2D eigenvalue weighted by Crippen LogP contribution is 2.31. The molecule has 3 heteroatoms. The maximum atomic E-state index is 12.9. The predicted molar refractivity (Wildman–Crippen MR) is 100 cm³/mol. The second-order valence-electron chi connectivity index (χ2n) is 6.98. The van der Waals surface area contributed by atoms with Crippen LogP contribution in [-0.2, 0) is 17.6 Å². The van der Waals surface area contributed by atoms with Gasteiger partial charge in [0.05, 0.1) is 12.1 Å². The third-order valence-electron chi connectivity index (χ3n) is 5.17. The molecule has 1 aliphatic rings. The summed E-state index contributed by atoms with van der Waals surface area (Å²) in [5, 5.41) is 13.3. The molecule has 25 heavy (non-hydrogen) atoms. The van der Waals surface area contributed by atoms with Crippen molar-refractivity contribution in [2.45, 2.75) is 51.2 Å². The van der Waals surface area contributed by atoms with Crippen LogP contribution in [0.15, 0.2) is 54.6 Å². The van der Waals surface area contributed by atoms with Gasteiger partial charge in [0, 0.05) is 5.92 Å². The van der Waals surface area contributed by atoms with Crippen LogP contribution in [0.3, 0.4) is 0 Å². The molecule has 2 aromatic rings. The Morgan fingerprint density at radius 1 is 1.16 bits per heavy atom. The molecule has 2 aromatic carbocycles. The molecule has 0 fully saturated rings. The molecule has 3 unspecified atom stereocenters. The van der Waals surface area contributed by atoms with Gasteiger partial charge in [-0.15, -0.1) is 0 Å². The zero-order chi connectivity index (χ0) is 17.6. The molecule has 2 N–H and O–H groups in total. The van der Waals surface area contributed by atoms with E-state index in [1.54, 1.807) is 0 Å². The molecule has 3 atom stereocenters. The van der Waals surface area contributed by atoms with E-state index in [0.717, 1.165) is 18.4 Å². The lowest BCUT2D eigenvalue weighted by Crippen LogP contribution is -2.36. The van der Waals surface area contributed by atoms with Gasteiger partial charge in [-0.1, -0.05) is 61.5 Å². The smallest absolute Gasteiger partial charge is 0.224 e. The van der Waals surface area contributed by atoms with Crippen LogP contribution in [0, 0.1) is 5.92 Å². The maximum Gasteiger partial charge on any atom is 0.224 e. The van der Waals surface area contributed by atoms with E-state index >= 15 is 0 Å². The van der Waals surface area contributed by atoms with Crippen LogP contribution < -0.4 is 5.32 Å². The van der Waals surface area contributed by atoms with E-state index in [1.807, 2.05) is 43.3 Å². The molecule has 0 aromatic heterocycles. The van der Waals surface area contributed by atoms with Crippen molar-refractivity contribution in [2.24, 2.45) is 5.92 Å². The van der Waals surface area contributed by atoms with Crippen molar-refractivity contribution in [3.8, 4) is 0 Å². The van der Waals surface area contributed by atoms with Gasteiger partial charge in [0.1, 0.15) is 0 Å². The van der Waals surface area contributed by atoms with Crippen LogP contribution in [0.25, 0.3) is 0 Å². The molecule has 3 rings (SSSR count). The van der Waals surface area contributed by atoms with Crippen molar-refractivity contribution < 1.29 is 9.90 Å². The summed E-state index contributed by atoms with van der Waals surface area (Å²) in [5.41, 5.74) is 3.71. The summed E-state index contributed by atoms with van der Waals surface area (Å²) in [6, 6.07) is 18.5. The van der Waals surface area contributed by atoms with Crippen molar-refractivity contribution in [3.63, 3.8) is 0 Å². The Labute approximate surface area is 150 Å². The summed E-state index contributed by atoms with van der Waals surface area (Å²) >= 11 is 0. The Hall–Kier alpha value is -2.13. The van der Waals surface area contributed by atoms with E-state index in [4.69, 9.17) is 0 Å². The monoisotopic (exact) mass is 337 g/mol. The largest absolute Gasteiger partial charge is 0.393 e. The van der Waals surface area contributed by atoms with Crippen molar-refractivity contribution in [1.82, 2.24) is 5.32 Å². The Morgan fingerprint density at radius 3 is 2.64 bits per heavy atom. The molecule has 0 saturated carbocycles. The summed E-state index contributed by atoms with van der Waals surface area (Å²) in [7, 11) is 0. The first-order chi connectivity index (χ1) is 12.2. The second kappa shape index (κ2) is 8.30. The fourth-order valence-corrected chi connectivity index (χ4v) is 3.67. The lowest BCUT2D eigenvalue weighted by atomic mass is 9.91. The van der Waals surface area contributed by atoms with Gasteiger partial charge in [-0.05, 0) is 48.8 Å². The number of hydrogen-bond donors (Lipinski definition) is 2. The number of hydrogen-bond acceptors (Lipinski definition) is 2. The minimum absolute atomic E-state index is 0.0538. The Kier molecular flexibility index (Phi) is 5.87. The maximum absolute atomic E-state index is 12.9. The van der Waals surface area contributed by atoms with Crippen LogP contribution in [0.1, 0.15) is 48.9 Å². The number of benzene rings is 2. The van der Waals surface area contributed by atoms with Crippen molar-refractivity contribution in [2.75, 3.05) is 0 Å². The number of rotatable bonds is 7. The first-order valence-corrected chi connectivity index (χ1v) is 9.27. The highest BCUT2D eigenvalue weighted by atomic mass is 16.3. The average Bonchev–Trinajstić information content (AvgIpc) is 3.05. The Bertz CT molecular complexity index is 698. The van der Waals surface area contributed by atoms with Crippen LogP contribution in [0.2, 0.25) is 0 Å². The second-order valence-corrected chi connectivity index (χ2v) is 6.98. The van der Waals surface area contributed by atoms with E-state index in [2.05, 4.69) is 23.5 Å². The first-order valence-electron chi connectivity index (χ1n) is 9.27. The Balaban J connectivity index is 1.70. The van der Waals surface area contributed by atoms with Gasteiger partial charge in [-0.2, -0.15) is 0 Å². The summed E-state index contributed by atoms with van der Waals surface area (Å²) in [6.45, 7) is 1.95. The SMILES string of the molecule is CCC(O)CC(Cc1ccccc1)C(=O)NC1CCc2ccccc21. The van der Waals surface area contributed by atoms with E-state index in [0.29, 0.717) is 19.3 Å². The number of aliphatic hydroxyl groups is 1. The third-order valence-corrected chi connectivity index (χ3v) is 5.17. The lowest BCUT2D eigenvalue weighted by Gasteiger charge is -2.22. The van der Waals surface area contributed by atoms with E-state index in [9.17, 15) is 9.90 Å². The fraction of sp³-hybridized carbons (Fsp3) is 0.409. The van der Waals surface area contributed by atoms with Crippen LogP contribution in [0.5, 0.6) is 0 Å². The summed E-state index contributed by atoms with van der Waals surface area (Å²) in [5.74, 6) is -0.150. The topological polar surface area (TPSA) is 49.3 Å². The summed E-state index contributed by atoms with van der Waals surface area (Å²) < 4.78 is 0. The van der Waals surface area contributed by atoms with Gasteiger partial charge in [0.2, 0.25) is 5.91 Å². The molecule has 0 saturated heterocycles. The molecule has 0 heterocycles. The normalized spacial score (nSPS) is 18.4. The molecule has 0 spiro atoms. The fourth-order valence-electron chi connectivity index (χ4n) is 3.67. The molecule has 132 valence electrons.